The van der Waals surface area contributed by atoms with Crippen molar-refractivity contribution in [1.82, 2.24) is 9.80 Å². The summed E-state index contributed by atoms with van der Waals surface area (Å²) < 4.78 is 17.2. The molecule has 1 atom stereocenters. The van der Waals surface area contributed by atoms with Gasteiger partial charge >= 0.3 is 5.97 Å². The van der Waals surface area contributed by atoms with E-state index < -0.39 is 0 Å². The van der Waals surface area contributed by atoms with E-state index in [1.54, 1.807) is 7.11 Å². The first-order valence-corrected chi connectivity index (χ1v) is 21.2. The van der Waals surface area contributed by atoms with E-state index in [0.29, 0.717) is 47.4 Å². The predicted octanol–water partition coefficient (Wildman–Crippen LogP) is 8.80. The average Bonchev–Trinajstić information content (AvgIpc) is 3.19. The van der Waals surface area contributed by atoms with Gasteiger partial charge in [0.1, 0.15) is 0 Å². The number of carbonyl (C=O) groups excluding carboxylic acids is 2. The lowest BCUT2D eigenvalue weighted by Crippen LogP contribution is -2.51. The van der Waals surface area contributed by atoms with Crippen LogP contribution in [-0.2, 0) is 20.7 Å². The molecule has 56 heavy (non-hydrogen) atoms. The number of esters is 1. The quantitative estimate of drug-likeness (QED) is 0.105. The zero-order valence-corrected chi connectivity index (χ0v) is 35.2. The zero-order chi connectivity index (χ0) is 39.8. The minimum atomic E-state index is -0.345. The zero-order valence-electron chi connectivity index (χ0n) is 34.5. The number of anilines is 2. The number of hydrogen-bond donors (Lipinski definition) is 0. The molecule has 3 aromatic rings. The Morgan fingerprint density at radius 3 is 2.23 bits per heavy atom. The number of unbranched alkanes of at least 4 members (excludes halogenated alkanes) is 1. The van der Waals surface area contributed by atoms with Crippen molar-refractivity contribution in [2.75, 3.05) is 69.8 Å². The van der Waals surface area contributed by atoms with E-state index in [-0.39, 0.29) is 30.4 Å². The second kappa shape index (κ2) is 19.6. The fourth-order valence-electron chi connectivity index (χ4n) is 8.67. The number of halogens is 1. The highest BCUT2D eigenvalue weighted by atomic mass is 35.5. The number of hydrogen-bond acceptors (Lipinski definition) is 8. The van der Waals surface area contributed by atoms with Crippen LogP contribution in [0.1, 0.15) is 95.4 Å². The van der Waals surface area contributed by atoms with Crippen molar-refractivity contribution in [3.63, 3.8) is 0 Å². The third kappa shape index (κ3) is 10.8. The van der Waals surface area contributed by atoms with Crippen LogP contribution < -0.4 is 19.3 Å². The van der Waals surface area contributed by atoms with E-state index in [0.717, 1.165) is 80.2 Å². The smallest absolute Gasteiger partial charge is 0.305 e. The van der Waals surface area contributed by atoms with Gasteiger partial charge < -0.3 is 28.9 Å². The molecular formula is C46H63ClN4O5. The third-order valence-corrected chi connectivity index (χ3v) is 11.9. The summed E-state index contributed by atoms with van der Waals surface area (Å²) in [4.78, 5) is 35.5. The van der Waals surface area contributed by atoms with Crippen LogP contribution in [0.2, 0.25) is 5.02 Å². The average molecular weight is 787 g/mol. The van der Waals surface area contributed by atoms with Gasteiger partial charge in [-0.2, -0.15) is 0 Å². The molecule has 1 aliphatic carbocycles. The second-order valence-electron chi connectivity index (χ2n) is 16.7. The third-order valence-electron chi connectivity index (χ3n) is 11.7. The molecule has 0 unspecified atom stereocenters. The van der Waals surface area contributed by atoms with Crippen molar-refractivity contribution in [1.29, 1.82) is 0 Å². The van der Waals surface area contributed by atoms with Crippen molar-refractivity contribution in [2.45, 2.75) is 97.2 Å². The van der Waals surface area contributed by atoms with Gasteiger partial charge in [0, 0.05) is 68.6 Å². The standard InChI is InChI=1S/C46H63ClN4O5/c1-32(2)31-55-45(53)9-7-8-22-49-23-25-50(26-24-49)39-16-10-34(11-17-39)30-48(5)38-18-20-40(21-19-38)51-44(52)28-36-27-42(54-6)43(56-33(3)4)29-41(36)46(51)35-12-14-37(47)15-13-35/h12-15,18-21,27,29,32-34,39,46H,7-11,16-17,22-26,28,30-31H2,1-6H3/t34?,39?,46-/m0/s1. The van der Waals surface area contributed by atoms with Crippen LogP contribution in [0.25, 0.3) is 0 Å². The molecule has 1 amide bonds. The van der Waals surface area contributed by atoms with Gasteiger partial charge in [0.2, 0.25) is 5.91 Å². The first kappa shape index (κ1) is 41.8. The lowest BCUT2D eigenvalue weighted by atomic mass is 9.84. The molecule has 0 bridgehead atoms. The van der Waals surface area contributed by atoms with Gasteiger partial charge in [0.05, 0.1) is 32.3 Å². The van der Waals surface area contributed by atoms with Crippen LogP contribution in [0.4, 0.5) is 11.4 Å². The molecule has 2 fully saturated rings. The normalized spacial score (nSPS) is 20.6. The van der Waals surface area contributed by atoms with Gasteiger partial charge in [-0.15, -0.1) is 0 Å². The SMILES string of the molecule is COc1cc2c(cc1OC(C)C)[C@H](c1ccc(Cl)cc1)N(c1ccc(N(C)CC3CCC(N4CCN(CCCCC(=O)OCC(C)C)CC4)CC3)cc1)C(=O)C2. The lowest BCUT2D eigenvalue weighted by Gasteiger charge is -2.42. The Hall–Kier alpha value is -3.79. The Morgan fingerprint density at radius 1 is 0.893 bits per heavy atom. The van der Waals surface area contributed by atoms with Crippen molar-refractivity contribution in [2.24, 2.45) is 11.8 Å². The summed E-state index contributed by atoms with van der Waals surface area (Å²) in [5.74, 6) is 2.33. The predicted molar refractivity (Wildman–Crippen MR) is 226 cm³/mol. The number of amides is 1. The van der Waals surface area contributed by atoms with Gasteiger partial charge in [0.15, 0.2) is 11.5 Å². The molecule has 3 aromatic carbocycles. The molecule has 0 spiro atoms. The van der Waals surface area contributed by atoms with Crippen molar-refractivity contribution in [3.8, 4) is 11.5 Å². The number of benzene rings is 3. The van der Waals surface area contributed by atoms with Crippen LogP contribution in [0.5, 0.6) is 11.5 Å². The summed E-state index contributed by atoms with van der Waals surface area (Å²) in [7, 11) is 3.83. The minimum absolute atomic E-state index is 0.0278. The van der Waals surface area contributed by atoms with Crippen molar-refractivity contribution < 1.29 is 23.8 Å². The highest BCUT2D eigenvalue weighted by molar-refractivity contribution is 6.30. The molecule has 304 valence electrons. The number of carbonyl (C=O) groups is 2. The molecule has 0 aromatic heterocycles. The monoisotopic (exact) mass is 786 g/mol. The van der Waals surface area contributed by atoms with Gasteiger partial charge in [-0.1, -0.05) is 37.6 Å². The lowest BCUT2D eigenvalue weighted by molar-refractivity contribution is -0.144. The molecule has 1 saturated heterocycles. The molecule has 10 heteroatoms. The maximum absolute atomic E-state index is 14.0. The minimum Gasteiger partial charge on any atom is -0.493 e. The maximum Gasteiger partial charge on any atom is 0.305 e. The first-order valence-electron chi connectivity index (χ1n) is 20.9. The number of piperazine rings is 1. The summed E-state index contributed by atoms with van der Waals surface area (Å²) >= 11 is 6.32. The van der Waals surface area contributed by atoms with Crippen molar-refractivity contribution >= 4 is 34.9 Å². The molecule has 9 nitrogen and oxygen atoms in total. The van der Waals surface area contributed by atoms with Gasteiger partial charge in [0.25, 0.3) is 0 Å². The Bertz CT molecular complexity index is 1730. The Balaban J connectivity index is 1.02. The van der Waals surface area contributed by atoms with Crippen LogP contribution in [0.3, 0.4) is 0 Å². The Morgan fingerprint density at radius 2 is 1.59 bits per heavy atom. The number of rotatable bonds is 16. The summed E-state index contributed by atoms with van der Waals surface area (Å²) in [6.07, 6.45) is 7.75. The second-order valence-corrected chi connectivity index (χ2v) is 17.2. The Labute approximate surface area is 340 Å². The van der Waals surface area contributed by atoms with Crippen LogP contribution >= 0.6 is 11.6 Å². The molecule has 0 radical (unpaired) electrons. The summed E-state index contributed by atoms with van der Waals surface area (Å²) in [6.45, 7) is 15.3. The molecule has 2 heterocycles. The van der Waals surface area contributed by atoms with E-state index in [4.69, 9.17) is 25.8 Å². The van der Waals surface area contributed by atoms with Crippen molar-refractivity contribution in [3.05, 3.63) is 82.4 Å². The summed E-state index contributed by atoms with van der Waals surface area (Å²) in [5, 5.41) is 0.655. The number of ether oxygens (including phenoxy) is 3. The molecule has 2 aliphatic heterocycles. The fourth-order valence-corrected chi connectivity index (χ4v) is 8.80. The molecule has 0 N–H and O–H groups in total. The first-order chi connectivity index (χ1) is 27.0. The number of nitrogens with zero attached hydrogens (tertiary/aromatic N) is 4. The van der Waals surface area contributed by atoms with E-state index >= 15 is 0 Å². The van der Waals surface area contributed by atoms with E-state index in [2.05, 4.69) is 59.9 Å². The van der Waals surface area contributed by atoms with Crippen LogP contribution in [0.15, 0.2) is 60.7 Å². The van der Waals surface area contributed by atoms with Gasteiger partial charge in [-0.05, 0) is 136 Å². The van der Waals surface area contributed by atoms with E-state index in [1.807, 2.05) is 55.1 Å². The summed E-state index contributed by atoms with van der Waals surface area (Å²) in [5.41, 5.74) is 4.97. The van der Waals surface area contributed by atoms with Gasteiger partial charge in [-0.3, -0.25) is 14.5 Å². The van der Waals surface area contributed by atoms with E-state index in [9.17, 15) is 9.59 Å². The largest absolute Gasteiger partial charge is 0.493 e. The Kier molecular flexibility index (Phi) is 14.6. The molecule has 1 saturated carbocycles. The maximum atomic E-state index is 14.0. The van der Waals surface area contributed by atoms with Gasteiger partial charge in [-0.25, -0.2) is 0 Å². The van der Waals surface area contributed by atoms with E-state index in [1.165, 1.54) is 25.7 Å². The topological polar surface area (TPSA) is 74.8 Å². The highest BCUT2D eigenvalue weighted by Crippen LogP contribution is 2.44. The molecule has 3 aliphatic rings. The number of methoxy groups -OCH3 is 1. The van der Waals surface area contributed by atoms with Crippen LogP contribution in [0, 0.1) is 11.8 Å². The molecular weight excluding hydrogens is 724 g/mol. The number of fused-ring (bicyclic) bond motifs is 1. The molecule has 6 rings (SSSR count). The summed E-state index contributed by atoms with van der Waals surface area (Å²) in [6, 6.07) is 20.6. The highest BCUT2D eigenvalue weighted by Gasteiger charge is 2.36. The van der Waals surface area contributed by atoms with Crippen LogP contribution in [-0.4, -0.2) is 93.9 Å². The fraction of sp³-hybridized carbons (Fsp3) is 0.565.